The Morgan fingerprint density at radius 1 is 1.44 bits per heavy atom. The van der Waals surface area contributed by atoms with E-state index in [2.05, 4.69) is 38.8 Å². The summed E-state index contributed by atoms with van der Waals surface area (Å²) in [6, 6.07) is 0. The zero-order chi connectivity index (χ0) is 12.0. The van der Waals surface area contributed by atoms with Crippen molar-refractivity contribution in [3.63, 3.8) is 0 Å². The van der Waals surface area contributed by atoms with Crippen LogP contribution in [-0.2, 0) is 0 Å². The van der Waals surface area contributed by atoms with E-state index in [0.717, 1.165) is 11.8 Å². The number of hydrogen-bond donors (Lipinski definition) is 0. The van der Waals surface area contributed by atoms with Gasteiger partial charge in [-0.25, -0.2) is 0 Å². The molecule has 0 aromatic rings. The molecule has 0 amide bonds. The van der Waals surface area contributed by atoms with Gasteiger partial charge in [-0.1, -0.05) is 31.9 Å². The molecule has 0 bridgehead atoms. The average Bonchev–Trinajstić information content (AvgIpc) is 2.41. The minimum atomic E-state index is 0.874. The molecule has 1 aliphatic carbocycles. The number of unbranched alkanes of at least 4 members (excludes halogenated alkanes) is 1. The smallest absolute Gasteiger partial charge is 0.00121 e. The van der Waals surface area contributed by atoms with Gasteiger partial charge in [0, 0.05) is 6.54 Å². The predicted molar refractivity (Wildman–Crippen MR) is 72.7 cm³/mol. The molecule has 0 saturated heterocycles. The lowest BCUT2D eigenvalue weighted by Gasteiger charge is -2.26. The van der Waals surface area contributed by atoms with E-state index in [9.17, 15) is 0 Å². The molecule has 0 fully saturated rings. The summed E-state index contributed by atoms with van der Waals surface area (Å²) in [7, 11) is 2.28. The number of hydrogen-bond acceptors (Lipinski definition) is 1. The molecule has 0 aromatic heterocycles. The maximum Gasteiger partial charge on any atom is 0.00121 e. The van der Waals surface area contributed by atoms with E-state index in [1.54, 1.807) is 5.57 Å². The topological polar surface area (TPSA) is 3.24 Å². The first-order valence-corrected chi connectivity index (χ1v) is 6.97. The molecule has 16 heavy (non-hydrogen) atoms. The van der Waals surface area contributed by atoms with Gasteiger partial charge in [-0.15, -0.1) is 0 Å². The lowest BCUT2D eigenvalue weighted by Crippen LogP contribution is -2.29. The highest BCUT2D eigenvalue weighted by atomic mass is 15.1. The largest absolute Gasteiger partial charge is 0.306 e. The Labute approximate surface area is 102 Å². The average molecular weight is 223 g/mol. The lowest BCUT2D eigenvalue weighted by molar-refractivity contribution is 0.223. The van der Waals surface area contributed by atoms with Crippen molar-refractivity contribution in [2.75, 3.05) is 20.1 Å². The molecule has 1 aliphatic rings. The molecule has 0 radical (unpaired) electrons. The molecule has 2 unspecified atom stereocenters. The zero-order valence-corrected chi connectivity index (χ0v) is 11.6. The predicted octanol–water partition coefficient (Wildman–Crippen LogP) is 4.10. The van der Waals surface area contributed by atoms with Crippen molar-refractivity contribution in [3.05, 3.63) is 11.6 Å². The molecule has 0 saturated carbocycles. The lowest BCUT2D eigenvalue weighted by atomic mass is 9.89. The number of nitrogens with zero attached hydrogens (tertiary/aromatic N) is 1. The highest BCUT2D eigenvalue weighted by Crippen LogP contribution is 2.28. The second-order valence-corrected chi connectivity index (χ2v) is 5.68. The monoisotopic (exact) mass is 223 g/mol. The Morgan fingerprint density at radius 3 is 2.88 bits per heavy atom. The summed E-state index contributed by atoms with van der Waals surface area (Å²) in [4.78, 5) is 2.53. The third kappa shape index (κ3) is 4.69. The summed E-state index contributed by atoms with van der Waals surface area (Å²) < 4.78 is 0. The Morgan fingerprint density at radius 2 is 2.19 bits per heavy atom. The molecular formula is C15H29N. The SMILES string of the molecule is CCCCN(C)CC1CC=C(C)CCC1C. The van der Waals surface area contributed by atoms with E-state index in [-0.39, 0.29) is 0 Å². The van der Waals surface area contributed by atoms with E-state index in [1.165, 1.54) is 45.2 Å². The van der Waals surface area contributed by atoms with Gasteiger partial charge in [-0.3, -0.25) is 0 Å². The zero-order valence-electron chi connectivity index (χ0n) is 11.6. The second-order valence-electron chi connectivity index (χ2n) is 5.68. The molecule has 1 heteroatoms. The summed E-state index contributed by atoms with van der Waals surface area (Å²) in [6.45, 7) is 9.54. The van der Waals surface area contributed by atoms with Crippen molar-refractivity contribution in [2.45, 2.75) is 52.9 Å². The van der Waals surface area contributed by atoms with Crippen molar-refractivity contribution >= 4 is 0 Å². The normalized spacial score (nSPS) is 26.7. The fraction of sp³-hybridized carbons (Fsp3) is 0.867. The van der Waals surface area contributed by atoms with E-state index in [1.807, 2.05) is 0 Å². The van der Waals surface area contributed by atoms with E-state index >= 15 is 0 Å². The van der Waals surface area contributed by atoms with Crippen LogP contribution in [0.2, 0.25) is 0 Å². The third-order valence-electron chi connectivity index (χ3n) is 4.01. The minimum absolute atomic E-state index is 0.874. The first-order valence-electron chi connectivity index (χ1n) is 6.97. The van der Waals surface area contributed by atoms with Crippen LogP contribution >= 0.6 is 0 Å². The molecule has 94 valence electrons. The molecule has 1 nitrogen and oxygen atoms in total. The summed E-state index contributed by atoms with van der Waals surface area (Å²) in [5.41, 5.74) is 1.60. The molecule has 0 heterocycles. The standard InChI is InChI=1S/C15H29N/c1-5-6-11-16(4)12-15-10-8-13(2)7-9-14(15)3/h8,14-15H,5-7,9-12H2,1-4H3. The molecule has 2 atom stereocenters. The van der Waals surface area contributed by atoms with Crippen molar-refractivity contribution in [1.82, 2.24) is 4.90 Å². The molecule has 0 spiro atoms. The maximum absolute atomic E-state index is 2.53. The first-order chi connectivity index (χ1) is 7.63. The second kappa shape index (κ2) is 7.11. The molecule has 1 rings (SSSR count). The van der Waals surface area contributed by atoms with E-state index < -0.39 is 0 Å². The Kier molecular flexibility index (Phi) is 6.12. The van der Waals surface area contributed by atoms with Gasteiger partial charge < -0.3 is 4.90 Å². The van der Waals surface area contributed by atoms with Crippen LogP contribution in [0.3, 0.4) is 0 Å². The van der Waals surface area contributed by atoms with Crippen LogP contribution < -0.4 is 0 Å². The summed E-state index contributed by atoms with van der Waals surface area (Å²) in [5.74, 6) is 1.76. The van der Waals surface area contributed by atoms with Gasteiger partial charge in [0.25, 0.3) is 0 Å². The summed E-state index contributed by atoms with van der Waals surface area (Å²) in [6.07, 6.45) is 9.12. The molecule has 0 aliphatic heterocycles. The van der Waals surface area contributed by atoms with Crippen molar-refractivity contribution < 1.29 is 0 Å². The third-order valence-corrected chi connectivity index (χ3v) is 4.01. The highest BCUT2D eigenvalue weighted by Gasteiger charge is 2.20. The fourth-order valence-electron chi connectivity index (χ4n) is 2.55. The van der Waals surface area contributed by atoms with Crippen LogP contribution in [0.1, 0.15) is 52.9 Å². The molecule has 0 N–H and O–H groups in total. The van der Waals surface area contributed by atoms with Gasteiger partial charge in [0.1, 0.15) is 0 Å². The van der Waals surface area contributed by atoms with Gasteiger partial charge in [0.2, 0.25) is 0 Å². The Hall–Kier alpha value is -0.300. The van der Waals surface area contributed by atoms with E-state index in [0.29, 0.717) is 0 Å². The fourth-order valence-corrected chi connectivity index (χ4v) is 2.55. The van der Waals surface area contributed by atoms with Crippen molar-refractivity contribution in [3.8, 4) is 0 Å². The molecular weight excluding hydrogens is 194 g/mol. The summed E-state index contributed by atoms with van der Waals surface area (Å²) >= 11 is 0. The number of rotatable bonds is 5. The minimum Gasteiger partial charge on any atom is -0.306 e. The van der Waals surface area contributed by atoms with Gasteiger partial charge in [-0.05, 0) is 58.0 Å². The van der Waals surface area contributed by atoms with Crippen molar-refractivity contribution in [2.24, 2.45) is 11.8 Å². The van der Waals surface area contributed by atoms with Crippen molar-refractivity contribution in [1.29, 1.82) is 0 Å². The first kappa shape index (κ1) is 13.8. The van der Waals surface area contributed by atoms with E-state index in [4.69, 9.17) is 0 Å². The maximum atomic E-state index is 2.53. The summed E-state index contributed by atoms with van der Waals surface area (Å²) in [5, 5.41) is 0. The van der Waals surface area contributed by atoms with Crippen LogP contribution in [0, 0.1) is 11.8 Å². The quantitative estimate of drug-likeness (QED) is 0.634. The Bertz CT molecular complexity index is 219. The van der Waals surface area contributed by atoms with Gasteiger partial charge in [-0.2, -0.15) is 0 Å². The van der Waals surface area contributed by atoms with Crippen LogP contribution in [0.15, 0.2) is 11.6 Å². The molecule has 0 aromatic carbocycles. The van der Waals surface area contributed by atoms with Gasteiger partial charge in [0.05, 0.1) is 0 Å². The van der Waals surface area contributed by atoms with Crippen LogP contribution in [0.25, 0.3) is 0 Å². The number of allylic oxidation sites excluding steroid dienone is 2. The van der Waals surface area contributed by atoms with Gasteiger partial charge >= 0.3 is 0 Å². The van der Waals surface area contributed by atoms with Crippen LogP contribution in [-0.4, -0.2) is 25.0 Å². The highest BCUT2D eigenvalue weighted by molar-refractivity contribution is 5.02. The van der Waals surface area contributed by atoms with Crippen LogP contribution in [0.5, 0.6) is 0 Å². The Balaban J connectivity index is 2.38. The van der Waals surface area contributed by atoms with Crippen LogP contribution in [0.4, 0.5) is 0 Å². The van der Waals surface area contributed by atoms with Gasteiger partial charge in [0.15, 0.2) is 0 Å².